The van der Waals surface area contributed by atoms with Crippen LogP contribution in [-0.4, -0.2) is 10.2 Å². The zero-order chi connectivity index (χ0) is 12.2. The highest BCUT2D eigenvalue weighted by Crippen LogP contribution is 2.19. The lowest BCUT2D eigenvalue weighted by Crippen LogP contribution is -1.90. The lowest BCUT2D eigenvalue weighted by molar-refractivity contribution is 1.04. The molecule has 0 amide bonds. The summed E-state index contributed by atoms with van der Waals surface area (Å²) in [4.78, 5) is 0. The molecule has 1 aromatic heterocycles. The monoisotopic (exact) mass is 232 g/mol. The first-order valence-electron chi connectivity index (χ1n) is 5.88. The van der Waals surface area contributed by atoms with Crippen molar-refractivity contribution in [2.75, 3.05) is 0 Å². The van der Waals surface area contributed by atoms with Crippen LogP contribution >= 0.6 is 0 Å². The van der Waals surface area contributed by atoms with Gasteiger partial charge in [0.25, 0.3) is 0 Å². The minimum Gasteiger partial charge on any atom is -0.150 e. The molecular weight excluding hydrogens is 220 g/mol. The standard InChI is InChI=1S/C16H12N2/c1-3-7-13(8-4-1)15-11-12-16(18-17-15)14-9-5-2-6-10-14/h1-12H. The van der Waals surface area contributed by atoms with Crippen molar-refractivity contribution in [2.24, 2.45) is 0 Å². The van der Waals surface area contributed by atoms with Crippen molar-refractivity contribution >= 4 is 0 Å². The average Bonchev–Trinajstić information content (AvgIpc) is 2.49. The van der Waals surface area contributed by atoms with Crippen molar-refractivity contribution in [3.8, 4) is 22.5 Å². The summed E-state index contributed by atoms with van der Waals surface area (Å²) in [5.41, 5.74) is 3.97. The van der Waals surface area contributed by atoms with Crippen LogP contribution in [-0.2, 0) is 0 Å². The van der Waals surface area contributed by atoms with Crippen molar-refractivity contribution in [3.05, 3.63) is 72.8 Å². The third kappa shape index (κ3) is 2.13. The number of aromatic nitrogens is 2. The molecule has 2 nitrogen and oxygen atoms in total. The van der Waals surface area contributed by atoms with Crippen molar-refractivity contribution < 1.29 is 0 Å². The Hall–Kier alpha value is -2.48. The Labute approximate surface area is 106 Å². The molecule has 2 aromatic carbocycles. The fraction of sp³-hybridized carbons (Fsp3) is 0. The molecule has 18 heavy (non-hydrogen) atoms. The summed E-state index contributed by atoms with van der Waals surface area (Å²) in [6.07, 6.45) is 0. The SMILES string of the molecule is c1ccc(-c2ccc(-c3ccccc3)nn2)cc1. The number of hydrogen-bond acceptors (Lipinski definition) is 2. The summed E-state index contributed by atoms with van der Waals surface area (Å²) in [6.45, 7) is 0. The third-order valence-corrected chi connectivity index (χ3v) is 2.80. The molecular formula is C16H12N2. The topological polar surface area (TPSA) is 25.8 Å². The van der Waals surface area contributed by atoms with Crippen LogP contribution in [0.5, 0.6) is 0 Å². The van der Waals surface area contributed by atoms with Gasteiger partial charge >= 0.3 is 0 Å². The maximum Gasteiger partial charge on any atom is 0.0930 e. The molecule has 1 heterocycles. The van der Waals surface area contributed by atoms with Crippen molar-refractivity contribution in [3.63, 3.8) is 0 Å². The van der Waals surface area contributed by atoms with Gasteiger partial charge in [-0.3, -0.25) is 0 Å². The van der Waals surface area contributed by atoms with E-state index in [1.807, 2.05) is 72.8 Å². The second-order valence-electron chi connectivity index (χ2n) is 4.04. The van der Waals surface area contributed by atoms with Gasteiger partial charge in [-0.05, 0) is 12.1 Å². The summed E-state index contributed by atoms with van der Waals surface area (Å²) < 4.78 is 0. The average molecular weight is 232 g/mol. The highest BCUT2D eigenvalue weighted by Gasteiger charge is 2.01. The minimum atomic E-state index is 0.898. The number of hydrogen-bond donors (Lipinski definition) is 0. The highest BCUT2D eigenvalue weighted by molar-refractivity contribution is 5.63. The first-order valence-corrected chi connectivity index (χ1v) is 5.88. The molecule has 0 radical (unpaired) electrons. The van der Waals surface area contributed by atoms with E-state index in [1.54, 1.807) is 0 Å². The Kier molecular flexibility index (Phi) is 2.84. The Balaban J connectivity index is 1.95. The van der Waals surface area contributed by atoms with Crippen molar-refractivity contribution in [2.45, 2.75) is 0 Å². The lowest BCUT2D eigenvalue weighted by atomic mass is 10.1. The smallest absolute Gasteiger partial charge is 0.0930 e. The summed E-state index contributed by atoms with van der Waals surface area (Å²) in [6, 6.07) is 24.1. The van der Waals surface area contributed by atoms with Gasteiger partial charge in [-0.2, -0.15) is 0 Å². The fourth-order valence-corrected chi connectivity index (χ4v) is 1.86. The van der Waals surface area contributed by atoms with E-state index in [1.165, 1.54) is 0 Å². The predicted octanol–water partition coefficient (Wildman–Crippen LogP) is 3.81. The maximum absolute atomic E-state index is 4.28. The Morgan fingerprint density at radius 3 is 1.17 bits per heavy atom. The Morgan fingerprint density at radius 1 is 0.444 bits per heavy atom. The van der Waals surface area contributed by atoms with E-state index in [0.29, 0.717) is 0 Å². The van der Waals surface area contributed by atoms with Gasteiger partial charge in [0.1, 0.15) is 0 Å². The molecule has 0 bridgehead atoms. The number of benzene rings is 2. The first-order chi connectivity index (χ1) is 8.93. The molecule has 86 valence electrons. The minimum absolute atomic E-state index is 0.898. The predicted molar refractivity (Wildman–Crippen MR) is 72.9 cm³/mol. The molecule has 0 spiro atoms. The van der Waals surface area contributed by atoms with Crippen LogP contribution in [0.1, 0.15) is 0 Å². The van der Waals surface area contributed by atoms with Gasteiger partial charge in [0.2, 0.25) is 0 Å². The molecule has 0 aliphatic rings. The number of nitrogens with zero attached hydrogens (tertiary/aromatic N) is 2. The maximum atomic E-state index is 4.28. The molecule has 0 aliphatic heterocycles. The van der Waals surface area contributed by atoms with Crippen LogP contribution in [0.4, 0.5) is 0 Å². The number of rotatable bonds is 2. The zero-order valence-electron chi connectivity index (χ0n) is 9.82. The molecule has 0 atom stereocenters. The normalized spacial score (nSPS) is 10.2. The van der Waals surface area contributed by atoms with Crippen LogP contribution in [0.3, 0.4) is 0 Å². The molecule has 0 saturated heterocycles. The summed E-state index contributed by atoms with van der Waals surface area (Å²) in [5, 5.41) is 8.55. The van der Waals surface area contributed by atoms with Gasteiger partial charge in [0.05, 0.1) is 11.4 Å². The first kappa shape index (κ1) is 10.7. The molecule has 0 saturated carbocycles. The second-order valence-corrected chi connectivity index (χ2v) is 4.04. The van der Waals surface area contributed by atoms with Crippen LogP contribution < -0.4 is 0 Å². The quantitative estimate of drug-likeness (QED) is 0.671. The van der Waals surface area contributed by atoms with Crippen LogP contribution in [0.2, 0.25) is 0 Å². The Morgan fingerprint density at radius 2 is 0.833 bits per heavy atom. The second kappa shape index (κ2) is 4.80. The van der Waals surface area contributed by atoms with Crippen molar-refractivity contribution in [1.82, 2.24) is 10.2 Å². The van der Waals surface area contributed by atoms with Gasteiger partial charge in [0, 0.05) is 11.1 Å². The van der Waals surface area contributed by atoms with Crippen LogP contribution in [0.15, 0.2) is 72.8 Å². The summed E-state index contributed by atoms with van der Waals surface area (Å²) >= 11 is 0. The van der Waals surface area contributed by atoms with Crippen LogP contribution in [0, 0.1) is 0 Å². The van der Waals surface area contributed by atoms with E-state index >= 15 is 0 Å². The van der Waals surface area contributed by atoms with Crippen molar-refractivity contribution in [1.29, 1.82) is 0 Å². The highest BCUT2D eigenvalue weighted by atomic mass is 15.1. The molecule has 2 heteroatoms. The van der Waals surface area contributed by atoms with Gasteiger partial charge in [-0.25, -0.2) is 0 Å². The summed E-state index contributed by atoms with van der Waals surface area (Å²) in [7, 11) is 0. The van der Waals surface area contributed by atoms with E-state index in [9.17, 15) is 0 Å². The fourth-order valence-electron chi connectivity index (χ4n) is 1.86. The van der Waals surface area contributed by atoms with E-state index in [-0.39, 0.29) is 0 Å². The van der Waals surface area contributed by atoms with E-state index in [4.69, 9.17) is 0 Å². The van der Waals surface area contributed by atoms with E-state index in [2.05, 4.69) is 10.2 Å². The van der Waals surface area contributed by atoms with Gasteiger partial charge < -0.3 is 0 Å². The molecule has 3 rings (SSSR count). The van der Waals surface area contributed by atoms with Crippen LogP contribution in [0.25, 0.3) is 22.5 Å². The lowest BCUT2D eigenvalue weighted by Gasteiger charge is -2.02. The molecule has 0 fully saturated rings. The Bertz CT molecular complexity index is 558. The van der Waals surface area contributed by atoms with Gasteiger partial charge in [-0.15, -0.1) is 10.2 Å². The zero-order valence-corrected chi connectivity index (χ0v) is 9.82. The van der Waals surface area contributed by atoms with Gasteiger partial charge in [-0.1, -0.05) is 60.7 Å². The largest absolute Gasteiger partial charge is 0.150 e. The molecule has 0 aliphatic carbocycles. The molecule has 0 N–H and O–H groups in total. The van der Waals surface area contributed by atoms with E-state index < -0.39 is 0 Å². The summed E-state index contributed by atoms with van der Waals surface area (Å²) in [5.74, 6) is 0. The molecule has 3 aromatic rings. The third-order valence-electron chi connectivity index (χ3n) is 2.80. The molecule has 0 unspecified atom stereocenters. The van der Waals surface area contributed by atoms with Gasteiger partial charge in [0.15, 0.2) is 0 Å². The van der Waals surface area contributed by atoms with E-state index in [0.717, 1.165) is 22.5 Å².